The summed E-state index contributed by atoms with van der Waals surface area (Å²) in [5, 5.41) is 14.1. The first-order valence-corrected chi connectivity index (χ1v) is 8.09. The Balaban J connectivity index is 2.56. The lowest BCUT2D eigenvalue weighted by Gasteiger charge is -2.20. The molecule has 0 aromatic heterocycles. The van der Waals surface area contributed by atoms with Gasteiger partial charge in [0.2, 0.25) is 5.91 Å². The molecule has 0 saturated heterocycles. The molecule has 0 radical (unpaired) electrons. The van der Waals surface area contributed by atoms with Crippen molar-refractivity contribution in [2.75, 3.05) is 13.7 Å². The van der Waals surface area contributed by atoms with Crippen LogP contribution in [0, 0.1) is 0 Å². The Morgan fingerprint density at radius 3 is 2.46 bits per heavy atom. The second-order valence-electron chi connectivity index (χ2n) is 5.39. The molecule has 0 saturated carbocycles. The normalized spacial score (nSPS) is 12.4. The third-order valence-electron chi connectivity index (χ3n) is 3.47. The van der Waals surface area contributed by atoms with Gasteiger partial charge in [-0.15, -0.1) is 6.58 Å². The van der Waals surface area contributed by atoms with Crippen molar-refractivity contribution in [3.63, 3.8) is 0 Å². The predicted octanol–water partition coefficient (Wildman–Crippen LogP) is 0.898. The topological polar surface area (TPSA) is 114 Å². The molecule has 3 N–H and O–H groups in total. The van der Waals surface area contributed by atoms with Gasteiger partial charge in [0.05, 0.1) is 13.7 Å². The van der Waals surface area contributed by atoms with Crippen molar-refractivity contribution < 1.29 is 29.0 Å². The summed E-state index contributed by atoms with van der Waals surface area (Å²) in [6.07, 6.45) is 1.52. The lowest BCUT2D eigenvalue weighted by Crippen LogP contribution is -2.53. The van der Waals surface area contributed by atoms with Crippen LogP contribution in [-0.2, 0) is 25.7 Å². The first-order valence-electron chi connectivity index (χ1n) is 8.09. The molecule has 8 nitrogen and oxygen atoms in total. The number of hydrogen-bond donors (Lipinski definition) is 3. The summed E-state index contributed by atoms with van der Waals surface area (Å²) in [4.78, 5) is 35.7. The number of esters is 1. The first kappa shape index (κ1) is 21.2. The average molecular weight is 364 g/mol. The van der Waals surface area contributed by atoms with Gasteiger partial charge < -0.3 is 25.2 Å². The minimum Gasteiger partial charge on any atom is -0.467 e. The number of rotatable bonds is 10. The minimum atomic E-state index is -1.26. The quantitative estimate of drug-likeness (QED) is 0.420. The smallest absolute Gasteiger partial charge is 0.408 e. The molecule has 0 spiro atoms. The molecule has 0 bridgehead atoms. The van der Waals surface area contributed by atoms with Crippen LogP contribution in [-0.4, -0.2) is 48.9 Å². The zero-order chi connectivity index (χ0) is 19.4. The standard InChI is InChI=1S/C18H24N2O6/c1-3-4-10-14(17(23)25-2)19-16(22)15(11-21)20-18(24)26-12-13-8-6-5-7-9-13/h3,5-9,14-15,21H,1,4,10-12H2,2H3,(H,19,22)(H,20,24)/t14-,15+/m1/s1. The van der Waals surface area contributed by atoms with Gasteiger partial charge >= 0.3 is 12.1 Å². The van der Waals surface area contributed by atoms with Crippen molar-refractivity contribution in [2.45, 2.75) is 31.5 Å². The van der Waals surface area contributed by atoms with Crippen LogP contribution in [0.25, 0.3) is 0 Å². The molecule has 2 atom stereocenters. The van der Waals surface area contributed by atoms with Crippen LogP contribution in [0.3, 0.4) is 0 Å². The molecule has 1 rings (SSSR count). The molecule has 142 valence electrons. The second-order valence-corrected chi connectivity index (χ2v) is 5.39. The van der Waals surface area contributed by atoms with Crippen molar-refractivity contribution in [1.82, 2.24) is 10.6 Å². The van der Waals surface area contributed by atoms with Gasteiger partial charge in [0.15, 0.2) is 0 Å². The van der Waals surface area contributed by atoms with Gasteiger partial charge in [-0.1, -0.05) is 36.4 Å². The highest BCUT2D eigenvalue weighted by Crippen LogP contribution is 2.03. The highest BCUT2D eigenvalue weighted by molar-refractivity contribution is 5.89. The lowest BCUT2D eigenvalue weighted by atomic mass is 10.1. The van der Waals surface area contributed by atoms with Crippen LogP contribution in [0.2, 0.25) is 0 Å². The molecule has 0 heterocycles. The molecule has 2 amide bonds. The van der Waals surface area contributed by atoms with Crippen LogP contribution in [0.15, 0.2) is 43.0 Å². The summed E-state index contributed by atoms with van der Waals surface area (Å²) >= 11 is 0. The van der Waals surface area contributed by atoms with Crippen LogP contribution in [0.4, 0.5) is 4.79 Å². The van der Waals surface area contributed by atoms with E-state index in [0.717, 1.165) is 5.56 Å². The van der Waals surface area contributed by atoms with Crippen LogP contribution < -0.4 is 10.6 Å². The summed E-state index contributed by atoms with van der Waals surface area (Å²) in [6.45, 7) is 2.93. The van der Waals surface area contributed by atoms with Crippen molar-refractivity contribution in [2.24, 2.45) is 0 Å². The van der Waals surface area contributed by atoms with E-state index >= 15 is 0 Å². The fraction of sp³-hybridized carbons (Fsp3) is 0.389. The molecule has 0 fully saturated rings. The number of carbonyl (C=O) groups excluding carboxylic acids is 3. The zero-order valence-corrected chi connectivity index (χ0v) is 14.6. The number of aliphatic hydroxyl groups is 1. The Morgan fingerprint density at radius 1 is 1.19 bits per heavy atom. The number of amides is 2. The summed E-state index contributed by atoms with van der Waals surface area (Å²) in [5.74, 6) is -1.34. The summed E-state index contributed by atoms with van der Waals surface area (Å²) in [6, 6.07) is 6.84. The number of benzene rings is 1. The average Bonchev–Trinajstić information content (AvgIpc) is 2.67. The fourth-order valence-corrected chi connectivity index (χ4v) is 2.05. The van der Waals surface area contributed by atoms with Gasteiger partial charge in [-0.3, -0.25) is 4.79 Å². The predicted molar refractivity (Wildman–Crippen MR) is 94.0 cm³/mol. The van der Waals surface area contributed by atoms with E-state index in [-0.39, 0.29) is 6.61 Å². The molecule has 0 aliphatic rings. The van der Waals surface area contributed by atoms with E-state index in [1.165, 1.54) is 7.11 Å². The van der Waals surface area contributed by atoms with Gasteiger partial charge in [0, 0.05) is 0 Å². The fourth-order valence-electron chi connectivity index (χ4n) is 2.05. The van der Waals surface area contributed by atoms with Gasteiger partial charge in [-0.05, 0) is 18.4 Å². The molecule has 1 aromatic carbocycles. The van der Waals surface area contributed by atoms with E-state index in [4.69, 9.17) is 4.74 Å². The van der Waals surface area contributed by atoms with Crippen molar-refractivity contribution in [1.29, 1.82) is 0 Å². The molecule has 26 heavy (non-hydrogen) atoms. The largest absolute Gasteiger partial charge is 0.467 e. The Kier molecular flexibility index (Phi) is 9.48. The van der Waals surface area contributed by atoms with Gasteiger partial charge in [-0.2, -0.15) is 0 Å². The van der Waals surface area contributed by atoms with Gasteiger partial charge in [0.25, 0.3) is 0 Å². The third-order valence-corrected chi connectivity index (χ3v) is 3.47. The zero-order valence-electron chi connectivity index (χ0n) is 14.6. The number of allylic oxidation sites excluding steroid dienone is 1. The number of alkyl carbamates (subject to hydrolysis) is 1. The highest BCUT2D eigenvalue weighted by atomic mass is 16.5. The maximum atomic E-state index is 12.2. The van der Waals surface area contributed by atoms with E-state index in [9.17, 15) is 19.5 Å². The molecule has 0 aliphatic carbocycles. The minimum absolute atomic E-state index is 0.0244. The van der Waals surface area contributed by atoms with Crippen molar-refractivity contribution in [3.05, 3.63) is 48.6 Å². The molecule has 8 heteroatoms. The van der Waals surface area contributed by atoms with E-state index in [2.05, 4.69) is 21.9 Å². The molecule has 1 aromatic rings. The SMILES string of the molecule is C=CCC[C@@H](NC(=O)[C@H](CO)NC(=O)OCc1ccccc1)C(=O)OC. The molecule has 0 aliphatic heterocycles. The molecular formula is C18H24N2O6. The molecular weight excluding hydrogens is 340 g/mol. The number of hydrogen-bond acceptors (Lipinski definition) is 6. The number of nitrogens with one attached hydrogen (secondary N) is 2. The van der Waals surface area contributed by atoms with E-state index in [1.807, 2.05) is 6.07 Å². The summed E-state index contributed by atoms with van der Waals surface area (Å²) in [7, 11) is 1.21. The number of aliphatic hydroxyl groups excluding tert-OH is 1. The van der Waals surface area contributed by atoms with E-state index in [0.29, 0.717) is 12.8 Å². The van der Waals surface area contributed by atoms with Gasteiger partial charge in [-0.25, -0.2) is 9.59 Å². The van der Waals surface area contributed by atoms with E-state index in [1.54, 1.807) is 30.3 Å². The van der Waals surface area contributed by atoms with E-state index < -0.39 is 36.7 Å². The monoisotopic (exact) mass is 364 g/mol. The number of methoxy groups -OCH3 is 1. The van der Waals surface area contributed by atoms with Crippen LogP contribution >= 0.6 is 0 Å². The second kappa shape index (κ2) is 11.6. The van der Waals surface area contributed by atoms with Gasteiger partial charge in [0.1, 0.15) is 18.7 Å². The Hall–Kier alpha value is -2.87. The van der Waals surface area contributed by atoms with Crippen molar-refractivity contribution in [3.8, 4) is 0 Å². The third kappa shape index (κ3) is 7.35. The Morgan fingerprint density at radius 2 is 1.88 bits per heavy atom. The Bertz CT molecular complexity index is 605. The first-order chi connectivity index (χ1) is 12.5. The summed E-state index contributed by atoms with van der Waals surface area (Å²) < 4.78 is 9.63. The molecule has 0 unspecified atom stereocenters. The summed E-state index contributed by atoms with van der Waals surface area (Å²) in [5.41, 5.74) is 0.780. The van der Waals surface area contributed by atoms with Crippen molar-refractivity contribution >= 4 is 18.0 Å². The van der Waals surface area contributed by atoms with Crippen LogP contribution in [0.5, 0.6) is 0 Å². The Labute approximate surface area is 152 Å². The number of carbonyl (C=O) groups is 3. The van der Waals surface area contributed by atoms with Crippen LogP contribution in [0.1, 0.15) is 18.4 Å². The highest BCUT2D eigenvalue weighted by Gasteiger charge is 2.26. The maximum absolute atomic E-state index is 12.2. The number of ether oxygens (including phenoxy) is 2. The lowest BCUT2D eigenvalue weighted by molar-refractivity contribution is -0.145. The maximum Gasteiger partial charge on any atom is 0.408 e.